The molecule has 3 amide bonds. The lowest BCUT2D eigenvalue weighted by molar-refractivity contribution is -0.133. The summed E-state index contributed by atoms with van der Waals surface area (Å²) >= 11 is 0. The van der Waals surface area contributed by atoms with Crippen LogP contribution in [0.15, 0.2) is 59.7 Å². The van der Waals surface area contributed by atoms with Crippen molar-refractivity contribution in [2.45, 2.75) is 25.8 Å². The molecular weight excluding hydrogens is 420 g/mol. The van der Waals surface area contributed by atoms with Crippen LogP contribution in [0.2, 0.25) is 0 Å². The number of carbonyl (C=O) groups is 2. The molecule has 1 atom stereocenters. The minimum Gasteiger partial charge on any atom is -0.497 e. The summed E-state index contributed by atoms with van der Waals surface area (Å²) in [5, 5.41) is 9.05. The molecule has 0 aliphatic carbocycles. The number of amides is 3. The normalized spacial score (nSPS) is 15.2. The van der Waals surface area contributed by atoms with E-state index in [-0.39, 0.29) is 24.5 Å². The average Bonchev–Trinajstić information content (AvgIpc) is 3.31. The summed E-state index contributed by atoms with van der Waals surface area (Å²) in [4.78, 5) is 27.5. The summed E-state index contributed by atoms with van der Waals surface area (Å²) in [5.41, 5.74) is 2.75. The first-order valence-corrected chi connectivity index (χ1v) is 11.2. The Kier molecular flexibility index (Phi) is 8.83. The molecule has 0 spiro atoms. The number of nitrogens with one attached hydrogen (secondary N) is 1. The first-order chi connectivity index (χ1) is 16.1. The Balaban J connectivity index is 1.84. The highest BCUT2D eigenvalue weighted by Gasteiger charge is 2.34. The van der Waals surface area contributed by atoms with Crippen molar-refractivity contribution in [3.63, 3.8) is 0 Å². The first-order valence-electron chi connectivity index (χ1n) is 11.2. The van der Waals surface area contributed by atoms with Crippen molar-refractivity contribution in [3.8, 4) is 5.75 Å². The molecule has 1 heterocycles. The standard InChI is InChI=1S/C25H32N4O4/c1-4-14-26-25(31)28(15-16-32-2)18-24(30)29-23(20-8-6-5-7-9-20)17-22(27-29)19-10-12-21(33-3)13-11-19/h5-13,23H,4,14-18H2,1-3H3,(H,26,31)/t23-/m1/s1. The molecule has 1 N–H and O–H groups in total. The quantitative estimate of drug-likeness (QED) is 0.599. The lowest BCUT2D eigenvalue weighted by Crippen LogP contribution is -2.47. The molecule has 0 saturated carbocycles. The minimum atomic E-state index is -0.280. The molecule has 176 valence electrons. The van der Waals surface area contributed by atoms with Crippen LogP contribution in [0.5, 0.6) is 5.75 Å². The van der Waals surface area contributed by atoms with Crippen molar-refractivity contribution in [1.29, 1.82) is 0 Å². The zero-order valence-corrected chi connectivity index (χ0v) is 19.5. The number of hydrazone groups is 1. The van der Waals surface area contributed by atoms with Crippen LogP contribution in [-0.2, 0) is 9.53 Å². The van der Waals surface area contributed by atoms with Gasteiger partial charge in [0, 0.05) is 26.6 Å². The van der Waals surface area contributed by atoms with Crippen molar-refractivity contribution < 1.29 is 19.1 Å². The fraction of sp³-hybridized carbons (Fsp3) is 0.400. The Morgan fingerprint density at radius 1 is 1.12 bits per heavy atom. The van der Waals surface area contributed by atoms with Gasteiger partial charge in [-0.25, -0.2) is 9.80 Å². The number of urea groups is 1. The van der Waals surface area contributed by atoms with Gasteiger partial charge in [0.1, 0.15) is 12.3 Å². The van der Waals surface area contributed by atoms with E-state index < -0.39 is 0 Å². The molecule has 0 fully saturated rings. The third-order valence-corrected chi connectivity index (χ3v) is 5.48. The largest absolute Gasteiger partial charge is 0.497 e. The molecule has 33 heavy (non-hydrogen) atoms. The van der Waals surface area contributed by atoms with Gasteiger partial charge in [0.15, 0.2) is 0 Å². The monoisotopic (exact) mass is 452 g/mol. The molecule has 1 aliphatic heterocycles. The molecule has 0 saturated heterocycles. The smallest absolute Gasteiger partial charge is 0.317 e. The van der Waals surface area contributed by atoms with Gasteiger partial charge < -0.3 is 19.7 Å². The second-order valence-electron chi connectivity index (χ2n) is 7.79. The van der Waals surface area contributed by atoms with Gasteiger partial charge in [0.2, 0.25) is 0 Å². The second-order valence-corrected chi connectivity index (χ2v) is 7.79. The summed E-state index contributed by atoms with van der Waals surface area (Å²) in [7, 11) is 3.20. The van der Waals surface area contributed by atoms with Gasteiger partial charge in [0.25, 0.3) is 5.91 Å². The van der Waals surface area contributed by atoms with E-state index in [9.17, 15) is 9.59 Å². The van der Waals surface area contributed by atoms with Gasteiger partial charge in [-0.3, -0.25) is 4.79 Å². The predicted molar refractivity (Wildman–Crippen MR) is 127 cm³/mol. The molecule has 8 nitrogen and oxygen atoms in total. The number of methoxy groups -OCH3 is 2. The van der Waals surface area contributed by atoms with Crippen LogP contribution in [0.4, 0.5) is 4.79 Å². The highest BCUT2D eigenvalue weighted by molar-refractivity contribution is 6.03. The molecule has 0 aromatic heterocycles. The van der Waals surface area contributed by atoms with Crippen molar-refractivity contribution in [1.82, 2.24) is 15.2 Å². The number of ether oxygens (including phenoxy) is 2. The fourth-order valence-electron chi connectivity index (χ4n) is 3.67. The molecule has 3 rings (SSSR count). The van der Waals surface area contributed by atoms with E-state index in [1.165, 1.54) is 9.91 Å². The van der Waals surface area contributed by atoms with Crippen molar-refractivity contribution >= 4 is 17.6 Å². The number of rotatable bonds is 10. The maximum atomic E-state index is 13.4. The van der Waals surface area contributed by atoms with E-state index >= 15 is 0 Å². The third kappa shape index (κ3) is 6.32. The zero-order valence-electron chi connectivity index (χ0n) is 19.5. The Morgan fingerprint density at radius 3 is 2.48 bits per heavy atom. The Morgan fingerprint density at radius 2 is 1.85 bits per heavy atom. The van der Waals surface area contributed by atoms with E-state index in [0.717, 1.165) is 29.0 Å². The van der Waals surface area contributed by atoms with Crippen LogP contribution in [-0.4, -0.2) is 68.0 Å². The number of carbonyl (C=O) groups excluding carboxylic acids is 2. The highest BCUT2D eigenvalue weighted by atomic mass is 16.5. The van der Waals surface area contributed by atoms with E-state index in [4.69, 9.17) is 14.6 Å². The highest BCUT2D eigenvalue weighted by Crippen LogP contribution is 2.33. The maximum absolute atomic E-state index is 13.4. The predicted octanol–water partition coefficient (Wildman–Crippen LogP) is 3.44. The van der Waals surface area contributed by atoms with Crippen molar-refractivity contribution in [2.24, 2.45) is 5.10 Å². The minimum absolute atomic E-state index is 0.0817. The number of benzene rings is 2. The van der Waals surface area contributed by atoms with Crippen LogP contribution < -0.4 is 10.1 Å². The topological polar surface area (TPSA) is 83.5 Å². The summed E-state index contributed by atoms with van der Waals surface area (Å²) < 4.78 is 10.4. The van der Waals surface area contributed by atoms with Gasteiger partial charge in [-0.15, -0.1) is 0 Å². The third-order valence-electron chi connectivity index (χ3n) is 5.48. The summed E-state index contributed by atoms with van der Waals surface area (Å²) in [6.07, 6.45) is 1.40. The van der Waals surface area contributed by atoms with E-state index in [1.54, 1.807) is 14.2 Å². The second kappa shape index (κ2) is 12.0. The summed E-state index contributed by atoms with van der Waals surface area (Å²) in [6, 6.07) is 17.0. The molecule has 2 aromatic carbocycles. The molecule has 0 bridgehead atoms. The first kappa shape index (κ1) is 24.3. The van der Waals surface area contributed by atoms with Crippen LogP contribution in [0.1, 0.15) is 36.9 Å². The van der Waals surface area contributed by atoms with Gasteiger partial charge in [0.05, 0.1) is 25.5 Å². The summed E-state index contributed by atoms with van der Waals surface area (Å²) in [5.74, 6) is 0.520. The van der Waals surface area contributed by atoms with Gasteiger partial charge in [-0.2, -0.15) is 5.10 Å². The molecule has 0 unspecified atom stereocenters. The Bertz CT molecular complexity index is 947. The Hall–Kier alpha value is -3.39. The van der Waals surface area contributed by atoms with Gasteiger partial charge >= 0.3 is 6.03 Å². The number of hydrogen-bond acceptors (Lipinski definition) is 5. The van der Waals surface area contributed by atoms with Crippen molar-refractivity contribution in [2.75, 3.05) is 40.5 Å². The van der Waals surface area contributed by atoms with E-state index in [1.807, 2.05) is 61.5 Å². The molecule has 8 heteroatoms. The lowest BCUT2D eigenvalue weighted by Gasteiger charge is -2.27. The van der Waals surface area contributed by atoms with E-state index in [2.05, 4.69) is 5.32 Å². The zero-order chi connectivity index (χ0) is 23.6. The number of hydrogen-bond donors (Lipinski definition) is 1. The lowest BCUT2D eigenvalue weighted by atomic mass is 9.98. The maximum Gasteiger partial charge on any atom is 0.317 e. The molecule has 0 radical (unpaired) electrons. The molecule has 2 aromatic rings. The van der Waals surface area contributed by atoms with Crippen LogP contribution in [0.3, 0.4) is 0 Å². The number of nitrogens with zero attached hydrogens (tertiary/aromatic N) is 3. The SMILES string of the molecule is CCCNC(=O)N(CCOC)CC(=O)N1N=C(c2ccc(OC)cc2)C[C@@H]1c1ccccc1. The Labute approximate surface area is 195 Å². The van der Waals surface area contributed by atoms with Crippen LogP contribution >= 0.6 is 0 Å². The van der Waals surface area contributed by atoms with Gasteiger partial charge in [-0.1, -0.05) is 37.3 Å². The van der Waals surface area contributed by atoms with Gasteiger partial charge in [-0.05, 0) is 41.8 Å². The van der Waals surface area contributed by atoms with Crippen LogP contribution in [0.25, 0.3) is 0 Å². The summed E-state index contributed by atoms with van der Waals surface area (Å²) in [6.45, 7) is 3.11. The molecule has 1 aliphatic rings. The average molecular weight is 453 g/mol. The molecular formula is C25H32N4O4. The fourth-order valence-corrected chi connectivity index (χ4v) is 3.67. The van der Waals surface area contributed by atoms with E-state index in [0.29, 0.717) is 26.1 Å². The van der Waals surface area contributed by atoms with Crippen LogP contribution in [0, 0.1) is 0 Å². The van der Waals surface area contributed by atoms with Crippen molar-refractivity contribution in [3.05, 3.63) is 65.7 Å².